The van der Waals surface area contributed by atoms with E-state index in [9.17, 15) is 0 Å². The molecule has 0 N–H and O–H groups in total. The molecule has 0 aliphatic rings. The van der Waals surface area contributed by atoms with Crippen molar-refractivity contribution in [3.63, 3.8) is 0 Å². The van der Waals surface area contributed by atoms with E-state index in [1.54, 1.807) is 0 Å². The summed E-state index contributed by atoms with van der Waals surface area (Å²) in [6.07, 6.45) is 2.40. The van der Waals surface area contributed by atoms with Gasteiger partial charge in [-0.3, -0.25) is 0 Å². The molecule has 0 radical (unpaired) electrons. The Kier molecular flexibility index (Phi) is 4.94. The van der Waals surface area contributed by atoms with Crippen LogP contribution in [0.3, 0.4) is 0 Å². The number of benzene rings is 2. The van der Waals surface area contributed by atoms with Crippen molar-refractivity contribution in [2.24, 2.45) is 0 Å². The van der Waals surface area contributed by atoms with Gasteiger partial charge in [-0.25, -0.2) is 0 Å². The molecule has 0 fully saturated rings. The fourth-order valence-corrected chi connectivity index (χ4v) is 1.78. The average molecular weight is 212 g/mol. The summed E-state index contributed by atoms with van der Waals surface area (Å²) in [5.74, 6) is 0. The van der Waals surface area contributed by atoms with E-state index in [-0.39, 0.29) is 37.7 Å². The molecule has 0 saturated carbocycles. The Hall–Kier alpha value is -0.0403. The third-order valence-electron chi connectivity index (χ3n) is 2.40. The van der Waals surface area contributed by atoms with E-state index < -0.39 is 0 Å². The first-order valence-electron chi connectivity index (χ1n) is 4.88. The number of hydrogen-bond acceptors (Lipinski definition) is 0. The van der Waals surface area contributed by atoms with E-state index in [0.717, 1.165) is 0 Å². The van der Waals surface area contributed by atoms with Crippen molar-refractivity contribution in [1.29, 1.82) is 0 Å². The van der Waals surface area contributed by atoms with Crippen LogP contribution in [-0.4, -0.2) is 37.7 Å². The predicted molar refractivity (Wildman–Crippen MR) is 66.5 cm³/mol. The van der Waals surface area contributed by atoms with E-state index in [2.05, 4.69) is 49.4 Å². The monoisotopic (exact) mass is 212 g/mol. The SMILES string of the molecule is CCCc1cccc2ccccc12.[CaH2]. The minimum absolute atomic E-state index is 0. The molecule has 70 valence electrons. The van der Waals surface area contributed by atoms with E-state index in [1.807, 2.05) is 0 Å². The van der Waals surface area contributed by atoms with Gasteiger partial charge in [0.1, 0.15) is 0 Å². The molecule has 2 rings (SSSR count). The van der Waals surface area contributed by atoms with Crippen LogP contribution in [0, 0.1) is 0 Å². The molecule has 0 unspecified atom stereocenters. The van der Waals surface area contributed by atoms with Crippen molar-refractivity contribution >= 4 is 48.5 Å². The second kappa shape index (κ2) is 5.75. The van der Waals surface area contributed by atoms with Gasteiger partial charge in [-0.15, -0.1) is 0 Å². The van der Waals surface area contributed by atoms with Crippen molar-refractivity contribution in [3.8, 4) is 0 Å². The number of hydrogen-bond donors (Lipinski definition) is 0. The van der Waals surface area contributed by atoms with E-state index in [1.165, 1.54) is 29.2 Å². The Labute approximate surface area is 115 Å². The van der Waals surface area contributed by atoms with Gasteiger partial charge in [0.05, 0.1) is 0 Å². The minimum atomic E-state index is 0. The zero-order valence-corrected chi connectivity index (χ0v) is 7.96. The number of aryl methyl sites for hydroxylation is 1. The molecular formula is C13H16Ca. The molecule has 0 spiro atoms. The molecule has 0 nitrogen and oxygen atoms in total. The van der Waals surface area contributed by atoms with Gasteiger partial charge in [-0.1, -0.05) is 55.8 Å². The first-order valence-corrected chi connectivity index (χ1v) is 4.88. The van der Waals surface area contributed by atoms with Gasteiger partial charge < -0.3 is 0 Å². The summed E-state index contributed by atoms with van der Waals surface area (Å²) < 4.78 is 0. The van der Waals surface area contributed by atoms with Gasteiger partial charge in [0.25, 0.3) is 0 Å². The summed E-state index contributed by atoms with van der Waals surface area (Å²) in [4.78, 5) is 0. The molecule has 1 heteroatoms. The van der Waals surface area contributed by atoms with Crippen LogP contribution in [0.25, 0.3) is 10.8 Å². The summed E-state index contributed by atoms with van der Waals surface area (Å²) >= 11 is 0. The van der Waals surface area contributed by atoms with Gasteiger partial charge in [-0.05, 0) is 22.8 Å². The van der Waals surface area contributed by atoms with Crippen molar-refractivity contribution in [2.45, 2.75) is 19.8 Å². The summed E-state index contributed by atoms with van der Waals surface area (Å²) in [5, 5.41) is 2.76. The standard InChI is InChI=1S/C13H14.Ca.2H/c1-2-6-11-8-5-9-12-7-3-4-10-13(11)12;;;/h3-5,7-10H,2,6H2,1H3;;;. The van der Waals surface area contributed by atoms with Crippen LogP contribution in [-0.2, 0) is 6.42 Å². The number of fused-ring (bicyclic) bond motifs is 1. The summed E-state index contributed by atoms with van der Waals surface area (Å²) in [5.41, 5.74) is 1.47. The maximum absolute atomic E-state index is 2.23. The first-order chi connectivity index (χ1) is 6.42. The third kappa shape index (κ3) is 2.50. The molecule has 2 aromatic carbocycles. The molecule has 0 amide bonds. The van der Waals surface area contributed by atoms with Gasteiger partial charge >= 0.3 is 37.7 Å². The second-order valence-corrected chi connectivity index (χ2v) is 3.39. The normalized spacial score (nSPS) is 9.79. The Balaban J connectivity index is 0.000000980. The van der Waals surface area contributed by atoms with E-state index in [0.29, 0.717) is 0 Å². The van der Waals surface area contributed by atoms with Gasteiger partial charge in [0.2, 0.25) is 0 Å². The van der Waals surface area contributed by atoms with Crippen LogP contribution < -0.4 is 0 Å². The maximum atomic E-state index is 2.23. The van der Waals surface area contributed by atoms with Crippen LogP contribution in [0.5, 0.6) is 0 Å². The zero-order valence-electron chi connectivity index (χ0n) is 7.96. The van der Waals surface area contributed by atoms with Gasteiger partial charge in [-0.2, -0.15) is 0 Å². The first kappa shape index (κ1) is 12.0. The molecule has 0 atom stereocenters. The Morgan fingerprint density at radius 2 is 1.64 bits per heavy atom. The van der Waals surface area contributed by atoms with Crippen LogP contribution >= 0.6 is 0 Å². The van der Waals surface area contributed by atoms with Crippen LogP contribution in [0.2, 0.25) is 0 Å². The fraction of sp³-hybridized carbons (Fsp3) is 0.231. The van der Waals surface area contributed by atoms with Crippen molar-refractivity contribution in [2.75, 3.05) is 0 Å². The topological polar surface area (TPSA) is 0 Å². The quantitative estimate of drug-likeness (QED) is 0.672. The van der Waals surface area contributed by atoms with Crippen molar-refractivity contribution < 1.29 is 0 Å². The van der Waals surface area contributed by atoms with Gasteiger partial charge in [0.15, 0.2) is 0 Å². The van der Waals surface area contributed by atoms with Crippen LogP contribution in [0.15, 0.2) is 42.5 Å². The third-order valence-corrected chi connectivity index (χ3v) is 2.40. The Morgan fingerprint density at radius 1 is 0.929 bits per heavy atom. The second-order valence-electron chi connectivity index (χ2n) is 3.39. The Bertz CT molecular complexity index is 401. The molecule has 0 aromatic heterocycles. The molecule has 0 aliphatic carbocycles. The van der Waals surface area contributed by atoms with Crippen molar-refractivity contribution in [3.05, 3.63) is 48.0 Å². The van der Waals surface area contributed by atoms with E-state index >= 15 is 0 Å². The van der Waals surface area contributed by atoms with Crippen LogP contribution in [0.1, 0.15) is 18.9 Å². The zero-order chi connectivity index (χ0) is 9.10. The van der Waals surface area contributed by atoms with Crippen molar-refractivity contribution in [1.82, 2.24) is 0 Å². The Morgan fingerprint density at radius 3 is 2.43 bits per heavy atom. The molecule has 0 bridgehead atoms. The van der Waals surface area contributed by atoms with Crippen LogP contribution in [0.4, 0.5) is 0 Å². The molecule has 2 aromatic rings. The van der Waals surface area contributed by atoms with E-state index in [4.69, 9.17) is 0 Å². The average Bonchev–Trinajstić information content (AvgIpc) is 2.19. The summed E-state index contributed by atoms with van der Waals surface area (Å²) in [6.45, 7) is 2.22. The summed E-state index contributed by atoms with van der Waals surface area (Å²) in [6, 6.07) is 15.1. The molecule has 0 heterocycles. The molecule has 0 aliphatic heterocycles. The number of rotatable bonds is 2. The summed E-state index contributed by atoms with van der Waals surface area (Å²) in [7, 11) is 0. The molecular weight excluding hydrogens is 196 g/mol. The molecule has 14 heavy (non-hydrogen) atoms. The fourth-order valence-electron chi connectivity index (χ4n) is 1.78. The van der Waals surface area contributed by atoms with Gasteiger partial charge in [0, 0.05) is 0 Å². The predicted octanol–water partition coefficient (Wildman–Crippen LogP) is 2.88. The molecule has 0 saturated heterocycles.